The maximum Gasteiger partial charge on any atom is 0.331 e. The molecule has 1 aliphatic rings. The van der Waals surface area contributed by atoms with E-state index >= 15 is 0 Å². The molecule has 92 valence electrons. The van der Waals surface area contributed by atoms with Gasteiger partial charge in [-0.05, 0) is 0 Å². The Kier molecular flexibility index (Phi) is 2.86. The summed E-state index contributed by atoms with van der Waals surface area (Å²) in [5.41, 5.74) is -1.14. The normalized spacial score (nSPS) is 28.1. The van der Waals surface area contributed by atoms with Crippen molar-refractivity contribution < 1.29 is 14.6 Å². The van der Waals surface area contributed by atoms with E-state index < -0.39 is 29.7 Å². The molecule has 1 aromatic rings. The number of nitrogens with one attached hydrogen (secondary N) is 1. The summed E-state index contributed by atoms with van der Waals surface area (Å²) in [6.07, 6.45) is -1.31. The van der Waals surface area contributed by atoms with Gasteiger partial charge in [0.1, 0.15) is 18.0 Å². The minimum absolute atomic E-state index is 0.125. The van der Waals surface area contributed by atoms with Crippen LogP contribution in [0.15, 0.2) is 34.2 Å². The zero-order valence-corrected chi connectivity index (χ0v) is 9.12. The van der Waals surface area contributed by atoms with Crippen LogP contribution in [0.25, 0.3) is 0 Å². The average molecular weight is 240 g/mol. The summed E-state index contributed by atoms with van der Waals surface area (Å²) >= 11 is 0. The van der Waals surface area contributed by atoms with Crippen LogP contribution in [0.4, 0.5) is 0 Å². The molecule has 3 atom stereocenters. The number of methoxy groups -OCH3 is 1. The molecule has 1 unspecified atom stereocenters. The van der Waals surface area contributed by atoms with E-state index in [2.05, 4.69) is 11.6 Å². The highest BCUT2D eigenvalue weighted by molar-refractivity contribution is 5.05. The lowest BCUT2D eigenvalue weighted by Gasteiger charge is -2.19. The SMILES string of the molecule is C=C1O[C@@H](n2ccc(=O)[nH]c2=O)C(OC)[C@H]1O. The molecular formula is C10H12N2O5. The second-order valence-electron chi connectivity index (χ2n) is 3.64. The van der Waals surface area contributed by atoms with E-state index in [1.165, 1.54) is 19.4 Å². The Labute approximate surface area is 95.9 Å². The van der Waals surface area contributed by atoms with Crippen molar-refractivity contribution >= 4 is 0 Å². The Hall–Kier alpha value is -1.86. The third kappa shape index (κ3) is 1.90. The summed E-state index contributed by atoms with van der Waals surface area (Å²) in [6, 6.07) is 1.19. The summed E-state index contributed by atoms with van der Waals surface area (Å²) in [5, 5.41) is 9.70. The third-order valence-electron chi connectivity index (χ3n) is 2.59. The van der Waals surface area contributed by atoms with E-state index in [0.717, 1.165) is 4.57 Å². The van der Waals surface area contributed by atoms with E-state index in [1.807, 2.05) is 0 Å². The molecule has 7 nitrogen and oxygen atoms in total. The number of aliphatic hydroxyl groups is 1. The molecule has 1 saturated heterocycles. The first-order valence-electron chi connectivity index (χ1n) is 4.92. The van der Waals surface area contributed by atoms with Crippen molar-refractivity contribution in [3.63, 3.8) is 0 Å². The van der Waals surface area contributed by atoms with Gasteiger partial charge in [-0.2, -0.15) is 0 Å². The lowest BCUT2D eigenvalue weighted by molar-refractivity contribution is -0.0430. The Bertz CT molecular complexity index is 546. The van der Waals surface area contributed by atoms with E-state index in [9.17, 15) is 14.7 Å². The fraction of sp³-hybridized carbons (Fsp3) is 0.400. The molecule has 17 heavy (non-hydrogen) atoms. The lowest BCUT2D eigenvalue weighted by atomic mass is 10.2. The molecule has 0 saturated carbocycles. The van der Waals surface area contributed by atoms with Gasteiger partial charge >= 0.3 is 5.69 Å². The number of hydrogen-bond acceptors (Lipinski definition) is 5. The summed E-state index contributed by atoms with van der Waals surface area (Å²) in [6.45, 7) is 3.52. The Morgan fingerprint density at radius 1 is 1.59 bits per heavy atom. The summed E-state index contributed by atoms with van der Waals surface area (Å²) < 4.78 is 11.4. The van der Waals surface area contributed by atoms with Gasteiger partial charge in [0, 0.05) is 19.4 Å². The van der Waals surface area contributed by atoms with Crippen LogP contribution < -0.4 is 11.2 Å². The Morgan fingerprint density at radius 2 is 2.29 bits per heavy atom. The lowest BCUT2D eigenvalue weighted by Crippen LogP contribution is -2.38. The van der Waals surface area contributed by atoms with Crippen LogP contribution in [-0.2, 0) is 9.47 Å². The Balaban J connectivity index is 2.43. The molecule has 0 radical (unpaired) electrons. The second kappa shape index (κ2) is 4.19. The van der Waals surface area contributed by atoms with Crippen LogP contribution in [0.3, 0.4) is 0 Å². The van der Waals surface area contributed by atoms with Gasteiger partial charge in [-0.15, -0.1) is 0 Å². The molecule has 2 rings (SSSR count). The van der Waals surface area contributed by atoms with Gasteiger partial charge in [0.25, 0.3) is 5.56 Å². The van der Waals surface area contributed by atoms with Gasteiger partial charge in [0.15, 0.2) is 0 Å². The second-order valence-corrected chi connectivity index (χ2v) is 3.64. The fourth-order valence-electron chi connectivity index (χ4n) is 1.72. The van der Waals surface area contributed by atoms with Crippen LogP contribution in [0.5, 0.6) is 0 Å². The van der Waals surface area contributed by atoms with Crippen molar-refractivity contribution in [3.8, 4) is 0 Å². The maximum absolute atomic E-state index is 11.6. The molecule has 2 heterocycles. The summed E-state index contributed by atoms with van der Waals surface area (Å²) in [5.74, 6) is 0.125. The predicted octanol–water partition coefficient (Wildman–Crippen LogP) is -1.05. The van der Waals surface area contributed by atoms with Gasteiger partial charge in [-0.1, -0.05) is 6.58 Å². The number of ether oxygens (including phenoxy) is 2. The quantitative estimate of drug-likeness (QED) is 0.688. The molecular weight excluding hydrogens is 228 g/mol. The minimum atomic E-state index is -1.01. The smallest absolute Gasteiger partial charge is 0.331 e. The van der Waals surface area contributed by atoms with Crippen molar-refractivity contribution in [3.05, 3.63) is 45.4 Å². The number of aromatic nitrogens is 2. The van der Waals surface area contributed by atoms with Crippen molar-refractivity contribution in [1.29, 1.82) is 0 Å². The van der Waals surface area contributed by atoms with E-state index in [-0.39, 0.29) is 5.76 Å². The van der Waals surface area contributed by atoms with Crippen molar-refractivity contribution in [2.75, 3.05) is 7.11 Å². The highest BCUT2D eigenvalue weighted by atomic mass is 16.6. The van der Waals surface area contributed by atoms with E-state index in [1.54, 1.807) is 0 Å². The van der Waals surface area contributed by atoms with Crippen molar-refractivity contribution in [1.82, 2.24) is 9.55 Å². The monoisotopic (exact) mass is 240 g/mol. The van der Waals surface area contributed by atoms with Crippen LogP contribution in [0.1, 0.15) is 6.23 Å². The van der Waals surface area contributed by atoms with Crippen molar-refractivity contribution in [2.24, 2.45) is 0 Å². The highest BCUT2D eigenvalue weighted by Gasteiger charge is 2.41. The number of rotatable bonds is 2. The number of H-pyrrole nitrogens is 1. The number of aliphatic hydroxyl groups excluding tert-OH is 1. The molecule has 1 aromatic heterocycles. The number of hydrogen-bond donors (Lipinski definition) is 2. The van der Waals surface area contributed by atoms with Gasteiger partial charge in [-0.25, -0.2) is 4.79 Å². The molecule has 0 amide bonds. The van der Waals surface area contributed by atoms with Crippen LogP contribution >= 0.6 is 0 Å². The van der Waals surface area contributed by atoms with E-state index in [0.29, 0.717) is 0 Å². The zero-order chi connectivity index (χ0) is 12.6. The number of aromatic amines is 1. The maximum atomic E-state index is 11.6. The van der Waals surface area contributed by atoms with Gasteiger partial charge in [0.2, 0.25) is 6.23 Å². The average Bonchev–Trinajstić information content (AvgIpc) is 2.55. The van der Waals surface area contributed by atoms with Crippen LogP contribution in [0.2, 0.25) is 0 Å². The van der Waals surface area contributed by atoms with Crippen LogP contribution in [-0.4, -0.2) is 34.0 Å². The third-order valence-corrected chi connectivity index (χ3v) is 2.59. The predicted molar refractivity (Wildman–Crippen MR) is 57.4 cm³/mol. The van der Waals surface area contributed by atoms with E-state index in [4.69, 9.17) is 9.47 Å². The van der Waals surface area contributed by atoms with Crippen molar-refractivity contribution in [2.45, 2.75) is 18.4 Å². The standard InChI is InChI=1S/C10H12N2O5/c1-5-7(14)8(16-2)9(17-5)12-4-3-6(13)11-10(12)15/h3-4,7-9,14H,1H2,2H3,(H,11,13,15)/t7-,8?,9+/m0/s1. The van der Waals surface area contributed by atoms with Crippen LogP contribution in [0, 0.1) is 0 Å². The minimum Gasteiger partial charge on any atom is -0.469 e. The fourth-order valence-corrected chi connectivity index (χ4v) is 1.72. The van der Waals surface area contributed by atoms with Gasteiger partial charge in [0.05, 0.1) is 0 Å². The molecule has 1 fully saturated rings. The molecule has 0 aliphatic carbocycles. The largest absolute Gasteiger partial charge is 0.469 e. The molecule has 1 aliphatic heterocycles. The van der Waals surface area contributed by atoms with Gasteiger partial charge in [-0.3, -0.25) is 14.3 Å². The molecule has 0 aromatic carbocycles. The first-order chi connectivity index (χ1) is 8.04. The first-order valence-corrected chi connectivity index (χ1v) is 4.92. The molecule has 0 spiro atoms. The zero-order valence-electron chi connectivity index (χ0n) is 9.12. The summed E-state index contributed by atoms with van der Waals surface area (Å²) in [7, 11) is 1.39. The topological polar surface area (TPSA) is 93.6 Å². The Morgan fingerprint density at radius 3 is 2.88 bits per heavy atom. The highest BCUT2D eigenvalue weighted by Crippen LogP contribution is 2.31. The summed E-state index contributed by atoms with van der Waals surface area (Å²) in [4.78, 5) is 24.6. The number of nitrogens with zero attached hydrogens (tertiary/aromatic N) is 1. The van der Waals surface area contributed by atoms with Gasteiger partial charge < -0.3 is 14.6 Å². The molecule has 0 bridgehead atoms. The molecule has 7 heteroatoms. The first kappa shape index (κ1) is 11.6. The molecule has 2 N–H and O–H groups in total.